The van der Waals surface area contributed by atoms with Gasteiger partial charge < -0.3 is 9.72 Å². The highest BCUT2D eigenvalue weighted by atomic mass is 32.2. The van der Waals surface area contributed by atoms with Gasteiger partial charge in [-0.1, -0.05) is 6.07 Å². The Kier molecular flexibility index (Phi) is 3.89. The molecule has 0 radical (unpaired) electrons. The predicted molar refractivity (Wildman–Crippen MR) is 97.4 cm³/mol. The molecule has 4 aromatic rings. The highest BCUT2D eigenvalue weighted by Gasteiger charge is 2.20. The molecule has 0 atom stereocenters. The summed E-state index contributed by atoms with van der Waals surface area (Å²) < 4.78 is 33.3. The summed E-state index contributed by atoms with van der Waals surface area (Å²) in [6, 6.07) is 12.4. The Balaban J connectivity index is 1.62. The molecule has 0 fully saturated rings. The van der Waals surface area contributed by atoms with Crippen LogP contribution in [0.3, 0.4) is 0 Å². The number of ether oxygens (including phenoxy) is 1. The van der Waals surface area contributed by atoms with Crippen LogP contribution in [0.5, 0.6) is 5.75 Å². The molecule has 0 saturated heterocycles. The number of methoxy groups -OCH3 is 1. The number of benzene rings is 2. The molecule has 2 heterocycles. The quantitative estimate of drug-likeness (QED) is 0.558. The second-order valence-electron chi connectivity index (χ2n) is 5.89. The molecule has 8 nitrogen and oxygen atoms in total. The summed E-state index contributed by atoms with van der Waals surface area (Å²) >= 11 is 0. The van der Waals surface area contributed by atoms with Crippen LogP contribution in [0.25, 0.3) is 21.9 Å². The zero-order valence-corrected chi connectivity index (χ0v) is 15.0. The van der Waals surface area contributed by atoms with Crippen molar-refractivity contribution in [3.63, 3.8) is 0 Å². The van der Waals surface area contributed by atoms with Gasteiger partial charge in [-0.05, 0) is 36.4 Å². The zero-order valence-electron chi connectivity index (χ0n) is 14.2. The number of aryl methyl sites for hydroxylation is 1. The molecule has 26 heavy (non-hydrogen) atoms. The van der Waals surface area contributed by atoms with E-state index in [0.29, 0.717) is 11.0 Å². The van der Waals surface area contributed by atoms with Crippen LogP contribution >= 0.6 is 0 Å². The Hall–Kier alpha value is -2.91. The number of nitrogens with zero attached hydrogens (tertiary/aromatic N) is 3. The Morgan fingerprint density at radius 3 is 2.85 bits per heavy atom. The summed E-state index contributed by atoms with van der Waals surface area (Å²) in [7, 11) is -0.470. The number of aromatic nitrogens is 4. The lowest BCUT2D eigenvalue weighted by molar-refractivity contribution is 0.415. The molecule has 0 saturated carbocycles. The lowest BCUT2D eigenvalue weighted by atomic mass is 10.2. The molecule has 2 aromatic heterocycles. The third-order valence-electron chi connectivity index (χ3n) is 4.10. The molecule has 2 N–H and O–H groups in total. The Bertz CT molecular complexity index is 1210. The molecule has 0 unspecified atom stereocenters. The molecule has 0 aliphatic heterocycles. The van der Waals surface area contributed by atoms with E-state index in [0.717, 1.165) is 22.3 Å². The Morgan fingerprint density at radius 2 is 2.04 bits per heavy atom. The van der Waals surface area contributed by atoms with Crippen LogP contribution in [0.15, 0.2) is 47.4 Å². The van der Waals surface area contributed by atoms with E-state index in [-0.39, 0.29) is 11.4 Å². The van der Waals surface area contributed by atoms with Gasteiger partial charge in [-0.2, -0.15) is 15.0 Å². The van der Waals surface area contributed by atoms with Crippen LogP contribution in [0, 0.1) is 0 Å². The maximum absolute atomic E-state index is 12.7. The van der Waals surface area contributed by atoms with E-state index in [4.69, 9.17) is 4.74 Å². The SMILES string of the molecule is COc1ccc2[nH]c(CNS(=O)(=O)c3cccc4nn(C)nc34)cc2c1. The first-order chi connectivity index (χ1) is 12.5. The molecule has 0 bridgehead atoms. The maximum Gasteiger partial charge on any atom is 0.243 e. The van der Waals surface area contributed by atoms with Gasteiger partial charge >= 0.3 is 0 Å². The molecule has 9 heteroatoms. The summed E-state index contributed by atoms with van der Waals surface area (Å²) in [6.07, 6.45) is 0. The van der Waals surface area contributed by atoms with E-state index in [1.807, 2.05) is 24.3 Å². The van der Waals surface area contributed by atoms with Crippen LogP contribution in [-0.2, 0) is 23.6 Å². The minimum atomic E-state index is -3.73. The van der Waals surface area contributed by atoms with Crippen molar-refractivity contribution >= 4 is 32.0 Å². The fraction of sp³-hybridized carbons (Fsp3) is 0.176. The van der Waals surface area contributed by atoms with Crippen LogP contribution in [0.1, 0.15) is 5.69 Å². The second kappa shape index (κ2) is 6.11. The first-order valence-electron chi connectivity index (χ1n) is 7.91. The summed E-state index contributed by atoms with van der Waals surface area (Å²) in [5.41, 5.74) is 2.55. The summed E-state index contributed by atoms with van der Waals surface area (Å²) in [4.78, 5) is 4.67. The average Bonchev–Trinajstić information content (AvgIpc) is 3.20. The van der Waals surface area contributed by atoms with Crippen LogP contribution in [0.4, 0.5) is 0 Å². The molecule has 0 amide bonds. The number of nitrogens with one attached hydrogen (secondary N) is 2. The van der Waals surface area contributed by atoms with Gasteiger partial charge in [0.2, 0.25) is 10.0 Å². The number of hydrogen-bond acceptors (Lipinski definition) is 5. The highest BCUT2D eigenvalue weighted by molar-refractivity contribution is 7.89. The second-order valence-corrected chi connectivity index (χ2v) is 7.62. The van der Waals surface area contributed by atoms with E-state index < -0.39 is 10.0 Å². The van der Waals surface area contributed by atoms with Crippen molar-refractivity contribution in [2.75, 3.05) is 7.11 Å². The van der Waals surface area contributed by atoms with Gasteiger partial charge in [-0.15, -0.1) is 0 Å². The molecule has 0 aliphatic rings. The van der Waals surface area contributed by atoms with Gasteiger partial charge in [0.1, 0.15) is 21.7 Å². The van der Waals surface area contributed by atoms with Crippen molar-refractivity contribution in [2.24, 2.45) is 7.05 Å². The van der Waals surface area contributed by atoms with Crippen LogP contribution in [0.2, 0.25) is 0 Å². The smallest absolute Gasteiger partial charge is 0.243 e. The molecule has 0 aliphatic carbocycles. The number of sulfonamides is 1. The van der Waals surface area contributed by atoms with Gasteiger partial charge in [0.25, 0.3) is 0 Å². The van der Waals surface area contributed by atoms with Gasteiger partial charge in [0.15, 0.2) is 0 Å². The molecule has 4 rings (SSSR count). The van der Waals surface area contributed by atoms with Crippen LogP contribution < -0.4 is 9.46 Å². The van der Waals surface area contributed by atoms with Gasteiger partial charge in [0.05, 0.1) is 13.7 Å². The monoisotopic (exact) mass is 371 g/mol. The number of hydrogen-bond donors (Lipinski definition) is 2. The first-order valence-corrected chi connectivity index (χ1v) is 9.40. The standard InChI is InChI=1S/C17H17N5O3S/c1-22-20-15-4-3-5-16(17(15)21-22)26(23,24)18-10-12-8-11-9-13(25-2)6-7-14(11)19-12/h3-9,18-19H,10H2,1-2H3. The van der Waals surface area contributed by atoms with Crippen LogP contribution in [-0.4, -0.2) is 35.5 Å². The minimum Gasteiger partial charge on any atom is -0.497 e. The fourth-order valence-corrected chi connectivity index (χ4v) is 4.03. The lowest BCUT2D eigenvalue weighted by Crippen LogP contribution is -2.23. The Morgan fingerprint density at radius 1 is 1.19 bits per heavy atom. The first kappa shape index (κ1) is 16.6. The van der Waals surface area contributed by atoms with Crippen molar-refractivity contribution in [3.05, 3.63) is 48.2 Å². The van der Waals surface area contributed by atoms with Crippen molar-refractivity contribution in [2.45, 2.75) is 11.4 Å². The fourth-order valence-electron chi connectivity index (χ4n) is 2.88. The van der Waals surface area contributed by atoms with E-state index in [2.05, 4.69) is 19.9 Å². The molecular weight excluding hydrogens is 354 g/mol. The normalized spacial score (nSPS) is 12.1. The topological polar surface area (TPSA) is 102 Å². The number of H-pyrrole nitrogens is 1. The van der Waals surface area contributed by atoms with E-state index in [1.165, 1.54) is 10.9 Å². The number of aromatic amines is 1. The Labute approximate surface area is 149 Å². The van der Waals surface area contributed by atoms with E-state index in [9.17, 15) is 8.42 Å². The zero-order chi connectivity index (χ0) is 18.3. The predicted octanol–water partition coefficient (Wildman–Crippen LogP) is 1.94. The summed E-state index contributed by atoms with van der Waals surface area (Å²) in [5.74, 6) is 0.748. The largest absolute Gasteiger partial charge is 0.497 e. The highest BCUT2D eigenvalue weighted by Crippen LogP contribution is 2.22. The number of rotatable bonds is 5. The van der Waals surface area contributed by atoms with E-state index in [1.54, 1.807) is 26.3 Å². The average molecular weight is 371 g/mol. The third-order valence-corrected chi connectivity index (χ3v) is 5.53. The molecular formula is C17H17N5O3S. The lowest BCUT2D eigenvalue weighted by Gasteiger charge is -2.06. The molecule has 134 valence electrons. The summed E-state index contributed by atoms with van der Waals surface area (Å²) in [5, 5.41) is 9.25. The summed E-state index contributed by atoms with van der Waals surface area (Å²) in [6.45, 7) is 0.135. The minimum absolute atomic E-state index is 0.112. The van der Waals surface area contributed by atoms with Gasteiger partial charge in [-0.25, -0.2) is 13.1 Å². The molecule has 2 aromatic carbocycles. The van der Waals surface area contributed by atoms with Crippen molar-refractivity contribution in [3.8, 4) is 5.75 Å². The third kappa shape index (κ3) is 2.91. The van der Waals surface area contributed by atoms with Crippen molar-refractivity contribution in [1.82, 2.24) is 24.7 Å². The number of fused-ring (bicyclic) bond motifs is 2. The van der Waals surface area contributed by atoms with Gasteiger partial charge in [-0.3, -0.25) is 0 Å². The van der Waals surface area contributed by atoms with Gasteiger partial charge in [0, 0.05) is 23.6 Å². The van der Waals surface area contributed by atoms with E-state index >= 15 is 0 Å². The molecule has 0 spiro atoms. The van der Waals surface area contributed by atoms with Crippen molar-refractivity contribution in [1.29, 1.82) is 0 Å². The maximum atomic E-state index is 12.7. The van der Waals surface area contributed by atoms with Crippen molar-refractivity contribution < 1.29 is 13.2 Å².